The van der Waals surface area contributed by atoms with Crippen LogP contribution in [0, 0.1) is 0 Å². The van der Waals surface area contributed by atoms with Crippen molar-refractivity contribution in [3.8, 4) is 5.75 Å². The Morgan fingerprint density at radius 1 is 1.16 bits per heavy atom. The molecule has 0 heterocycles. The van der Waals surface area contributed by atoms with E-state index < -0.39 is 0 Å². The lowest BCUT2D eigenvalue weighted by atomic mass is 10.2. The van der Waals surface area contributed by atoms with Crippen LogP contribution in [0.25, 0.3) is 6.08 Å². The molecule has 0 aliphatic heterocycles. The Labute approximate surface area is 150 Å². The largest absolute Gasteiger partial charge is 0.494 e. The van der Waals surface area contributed by atoms with E-state index in [9.17, 15) is 9.59 Å². The van der Waals surface area contributed by atoms with Crippen LogP contribution in [0.3, 0.4) is 0 Å². The molecule has 0 spiro atoms. The van der Waals surface area contributed by atoms with Crippen molar-refractivity contribution in [3.63, 3.8) is 0 Å². The highest BCUT2D eigenvalue weighted by atomic mass is 16.5. The molecule has 1 aromatic carbocycles. The number of hydrogen-bond donors (Lipinski definition) is 0. The van der Waals surface area contributed by atoms with Crippen LogP contribution in [0.4, 0.5) is 0 Å². The maximum Gasteiger partial charge on any atom is 0.307 e. The standard InChI is InChI=1S/C20H29NO4/c1-5-15-25-18-10-7-17(8-11-18)9-12-19(22)21(16(3)4)14-13-20(23)24-6-2/h7-12,16H,5-6,13-15H2,1-4H3/b12-9+. The van der Waals surface area contributed by atoms with Crippen molar-refractivity contribution in [2.45, 2.75) is 46.6 Å². The molecule has 1 rings (SSSR count). The predicted molar refractivity (Wildman–Crippen MR) is 99.4 cm³/mol. The number of ether oxygens (including phenoxy) is 2. The third kappa shape index (κ3) is 7.88. The van der Waals surface area contributed by atoms with Crippen molar-refractivity contribution in [2.75, 3.05) is 19.8 Å². The van der Waals surface area contributed by atoms with Gasteiger partial charge < -0.3 is 14.4 Å². The van der Waals surface area contributed by atoms with Gasteiger partial charge >= 0.3 is 5.97 Å². The van der Waals surface area contributed by atoms with Crippen molar-refractivity contribution in [2.24, 2.45) is 0 Å². The summed E-state index contributed by atoms with van der Waals surface area (Å²) in [5, 5.41) is 0. The molecule has 1 amide bonds. The van der Waals surface area contributed by atoms with Crippen LogP contribution < -0.4 is 4.74 Å². The highest BCUT2D eigenvalue weighted by Crippen LogP contribution is 2.14. The second-order valence-electron chi connectivity index (χ2n) is 5.93. The van der Waals surface area contributed by atoms with E-state index in [1.54, 1.807) is 17.9 Å². The lowest BCUT2D eigenvalue weighted by Crippen LogP contribution is -2.37. The number of nitrogens with zero attached hydrogens (tertiary/aromatic N) is 1. The monoisotopic (exact) mass is 347 g/mol. The summed E-state index contributed by atoms with van der Waals surface area (Å²) < 4.78 is 10.4. The first-order valence-electron chi connectivity index (χ1n) is 8.85. The van der Waals surface area contributed by atoms with E-state index in [0.29, 0.717) is 19.8 Å². The molecule has 5 nitrogen and oxygen atoms in total. The van der Waals surface area contributed by atoms with Crippen LogP contribution in [0.1, 0.15) is 46.1 Å². The molecule has 0 saturated heterocycles. The number of carbonyl (C=O) groups is 2. The fourth-order valence-electron chi connectivity index (χ4n) is 2.23. The number of benzene rings is 1. The minimum atomic E-state index is -0.285. The Balaban J connectivity index is 2.63. The fourth-order valence-corrected chi connectivity index (χ4v) is 2.23. The van der Waals surface area contributed by atoms with Gasteiger partial charge in [0.25, 0.3) is 0 Å². The zero-order valence-corrected chi connectivity index (χ0v) is 15.7. The van der Waals surface area contributed by atoms with E-state index in [-0.39, 0.29) is 24.3 Å². The van der Waals surface area contributed by atoms with E-state index in [0.717, 1.165) is 17.7 Å². The molecule has 0 radical (unpaired) electrons. The smallest absolute Gasteiger partial charge is 0.307 e. The number of hydrogen-bond acceptors (Lipinski definition) is 4. The third-order valence-corrected chi connectivity index (χ3v) is 3.54. The van der Waals surface area contributed by atoms with Crippen LogP contribution in [0.5, 0.6) is 5.75 Å². The molecular weight excluding hydrogens is 318 g/mol. The van der Waals surface area contributed by atoms with Gasteiger partial charge in [-0.2, -0.15) is 0 Å². The van der Waals surface area contributed by atoms with E-state index in [4.69, 9.17) is 9.47 Å². The molecule has 0 aromatic heterocycles. The Morgan fingerprint density at radius 3 is 2.40 bits per heavy atom. The van der Waals surface area contributed by atoms with E-state index in [2.05, 4.69) is 6.92 Å². The number of carbonyl (C=O) groups excluding carboxylic acids is 2. The zero-order chi connectivity index (χ0) is 18.7. The van der Waals surface area contributed by atoms with Gasteiger partial charge in [0.15, 0.2) is 0 Å². The highest BCUT2D eigenvalue weighted by Gasteiger charge is 2.16. The lowest BCUT2D eigenvalue weighted by Gasteiger charge is -2.25. The molecule has 0 aliphatic rings. The fraction of sp³-hybridized carbons (Fsp3) is 0.500. The highest BCUT2D eigenvalue weighted by molar-refractivity contribution is 5.92. The molecule has 0 N–H and O–H groups in total. The summed E-state index contributed by atoms with van der Waals surface area (Å²) in [7, 11) is 0. The van der Waals surface area contributed by atoms with Crippen LogP contribution in [0.2, 0.25) is 0 Å². The van der Waals surface area contributed by atoms with E-state index in [1.807, 2.05) is 38.1 Å². The quantitative estimate of drug-likeness (QED) is 0.478. The van der Waals surface area contributed by atoms with Gasteiger partial charge in [0.1, 0.15) is 5.75 Å². The lowest BCUT2D eigenvalue weighted by molar-refractivity contribution is -0.144. The number of rotatable bonds is 10. The molecule has 1 aromatic rings. The molecule has 25 heavy (non-hydrogen) atoms. The second kappa shape index (κ2) is 11.3. The summed E-state index contributed by atoms with van der Waals surface area (Å²) in [4.78, 5) is 25.5. The molecule has 0 aliphatic carbocycles. The number of amides is 1. The SMILES string of the molecule is CCCOc1ccc(/C=C/C(=O)N(CCC(=O)OCC)C(C)C)cc1. The minimum absolute atomic E-state index is 0.0106. The van der Waals surface area contributed by atoms with Crippen LogP contribution in [0.15, 0.2) is 30.3 Å². The molecule has 0 unspecified atom stereocenters. The van der Waals surface area contributed by atoms with Crippen molar-refractivity contribution >= 4 is 18.0 Å². The van der Waals surface area contributed by atoms with Gasteiger partial charge in [-0.3, -0.25) is 9.59 Å². The molecule has 0 saturated carbocycles. The van der Waals surface area contributed by atoms with Crippen molar-refractivity contribution in [3.05, 3.63) is 35.9 Å². The first kappa shape index (κ1) is 20.7. The average molecular weight is 347 g/mol. The Morgan fingerprint density at radius 2 is 1.84 bits per heavy atom. The van der Waals surface area contributed by atoms with Crippen molar-refractivity contribution < 1.29 is 19.1 Å². The van der Waals surface area contributed by atoms with Crippen molar-refractivity contribution in [1.29, 1.82) is 0 Å². The van der Waals surface area contributed by atoms with Gasteiger partial charge in [0.05, 0.1) is 19.6 Å². The average Bonchev–Trinajstić information content (AvgIpc) is 2.59. The Bertz CT molecular complexity index is 564. The summed E-state index contributed by atoms with van der Waals surface area (Å²) in [6.45, 7) is 9.08. The summed E-state index contributed by atoms with van der Waals surface area (Å²) in [6.07, 6.45) is 4.47. The van der Waals surface area contributed by atoms with Gasteiger partial charge in [-0.25, -0.2) is 0 Å². The maximum atomic E-state index is 12.4. The predicted octanol–water partition coefficient (Wildman–Crippen LogP) is 3.68. The summed E-state index contributed by atoms with van der Waals surface area (Å²) in [5.74, 6) is 0.418. The van der Waals surface area contributed by atoms with Crippen LogP contribution in [-0.2, 0) is 14.3 Å². The van der Waals surface area contributed by atoms with Crippen LogP contribution >= 0.6 is 0 Å². The normalized spacial score (nSPS) is 10.9. The number of esters is 1. The van der Waals surface area contributed by atoms with Gasteiger partial charge in [0, 0.05) is 18.7 Å². The molecular formula is C20H29NO4. The molecule has 0 atom stereocenters. The Kier molecular flexibility index (Phi) is 9.37. The molecule has 0 bridgehead atoms. The van der Waals surface area contributed by atoms with Gasteiger partial charge in [0.2, 0.25) is 5.91 Å². The molecule has 138 valence electrons. The van der Waals surface area contributed by atoms with Crippen molar-refractivity contribution in [1.82, 2.24) is 4.90 Å². The summed E-state index contributed by atoms with van der Waals surface area (Å²) >= 11 is 0. The molecule has 0 fully saturated rings. The van der Waals surface area contributed by atoms with Gasteiger partial charge in [-0.1, -0.05) is 19.1 Å². The van der Waals surface area contributed by atoms with Gasteiger partial charge in [-0.15, -0.1) is 0 Å². The first-order valence-corrected chi connectivity index (χ1v) is 8.85. The summed E-state index contributed by atoms with van der Waals surface area (Å²) in [5.41, 5.74) is 0.922. The zero-order valence-electron chi connectivity index (χ0n) is 15.7. The topological polar surface area (TPSA) is 55.8 Å². The third-order valence-electron chi connectivity index (χ3n) is 3.54. The first-order chi connectivity index (χ1) is 12.0. The van der Waals surface area contributed by atoms with E-state index >= 15 is 0 Å². The summed E-state index contributed by atoms with van der Waals surface area (Å²) in [6, 6.07) is 7.61. The van der Waals surface area contributed by atoms with Crippen LogP contribution in [-0.4, -0.2) is 42.6 Å². The molecule has 5 heteroatoms. The Hall–Kier alpha value is -2.30. The minimum Gasteiger partial charge on any atom is -0.494 e. The van der Waals surface area contributed by atoms with Gasteiger partial charge in [-0.05, 0) is 51.0 Å². The maximum absolute atomic E-state index is 12.4. The van der Waals surface area contributed by atoms with E-state index in [1.165, 1.54) is 6.08 Å². The second-order valence-corrected chi connectivity index (χ2v) is 5.93.